The van der Waals surface area contributed by atoms with Gasteiger partial charge < -0.3 is 10.6 Å². The molecule has 1 aromatic heterocycles. The number of amides is 1. The van der Waals surface area contributed by atoms with Crippen LogP contribution >= 0.6 is 0 Å². The summed E-state index contributed by atoms with van der Waals surface area (Å²) in [5.41, 5.74) is 0.475. The minimum absolute atomic E-state index is 0.0639. The van der Waals surface area contributed by atoms with Crippen molar-refractivity contribution in [2.75, 3.05) is 5.32 Å². The Morgan fingerprint density at radius 2 is 1.52 bits per heavy atom. The van der Waals surface area contributed by atoms with Crippen LogP contribution in [-0.4, -0.2) is 28.0 Å². The number of hydrogen-bond acceptors (Lipinski definition) is 4. The number of anilines is 1. The maximum Gasteiger partial charge on any atom is 0.270 e. The summed E-state index contributed by atoms with van der Waals surface area (Å²) in [6.07, 6.45) is 15.0. The summed E-state index contributed by atoms with van der Waals surface area (Å²) < 4.78 is 0. The summed E-state index contributed by atoms with van der Waals surface area (Å²) in [4.78, 5) is 21.1. The minimum atomic E-state index is -0.0639. The van der Waals surface area contributed by atoms with Crippen LogP contribution in [0, 0.1) is 0 Å². The number of aromatic nitrogens is 2. The molecule has 5 heteroatoms. The molecular formula is C18H28N4O. The molecule has 0 bridgehead atoms. The standard InChI is InChI=1S/C18H28N4O/c23-17(20-14-8-4-1-2-5-9-14)16-12-13-19-18(22-16)21-15-10-6-3-7-11-15/h12-15H,1-11H2,(H,20,23)(H,19,21,22). The SMILES string of the molecule is O=C(NC1CCCCCC1)c1ccnc(NC2CCCCC2)n1. The maximum absolute atomic E-state index is 12.4. The first-order valence-electron chi connectivity index (χ1n) is 9.22. The summed E-state index contributed by atoms with van der Waals surface area (Å²) in [7, 11) is 0. The van der Waals surface area contributed by atoms with Gasteiger partial charge in [-0.1, -0.05) is 44.9 Å². The first-order valence-corrected chi connectivity index (χ1v) is 9.22. The highest BCUT2D eigenvalue weighted by atomic mass is 16.1. The van der Waals surface area contributed by atoms with Gasteiger partial charge in [-0.3, -0.25) is 4.79 Å². The van der Waals surface area contributed by atoms with E-state index in [0.717, 1.165) is 12.8 Å². The van der Waals surface area contributed by atoms with Crippen molar-refractivity contribution < 1.29 is 4.79 Å². The van der Waals surface area contributed by atoms with Gasteiger partial charge in [-0.2, -0.15) is 0 Å². The fraction of sp³-hybridized carbons (Fsp3) is 0.722. The van der Waals surface area contributed by atoms with Crippen molar-refractivity contribution in [2.24, 2.45) is 0 Å². The maximum atomic E-state index is 12.4. The monoisotopic (exact) mass is 316 g/mol. The molecule has 0 saturated heterocycles. The van der Waals surface area contributed by atoms with Gasteiger partial charge in [0.15, 0.2) is 0 Å². The van der Waals surface area contributed by atoms with E-state index in [-0.39, 0.29) is 5.91 Å². The van der Waals surface area contributed by atoms with Crippen molar-refractivity contribution >= 4 is 11.9 Å². The number of hydrogen-bond donors (Lipinski definition) is 2. The van der Waals surface area contributed by atoms with Gasteiger partial charge in [0.2, 0.25) is 5.95 Å². The fourth-order valence-corrected chi connectivity index (χ4v) is 3.67. The lowest BCUT2D eigenvalue weighted by molar-refractivity contribution is 0.0928. The second-order valence-corrected chi connectivity index (χ2v) is 6.91. The minimum Gasteiger partial charge on any atom is -0.351 e. The van der Waals surface area contributed by atoms with Gasteiger partial charge in [-0.05, 0) is 31.7 Å². The van der Waals surface area contributed by atoms with Crippen molar-refractivity contribution in [1.82, 2.24) is 15.3 Å². The Balaban J connectivity index is 1.58. The van der Waals surface area contributed by atoms with Crippen LogP contribution in [0.1, 0.15) is 81.1 Å². The molecule has 2 N–H and O–H groups in total. The molecule has 2 saturated carbocycles. The van der Waals surface area contributed by atoms with E-state index in [0.29, 0.717) is 23.7 Å². The molecule has 2 aliphatic carbocycles. The first kappa shape index (κ1) is 16.2. The van der Waals surface area contributed by atoms with Crippen molar-refractivity contribution in [3.05, 3.63) is 18.0 Å². The number of carbonyl (C=O) groups excluding carboxylic acids is 1. The zero-order valence-electron chi connectivity index (χ0n) is 13.9. The van der Waals surface area contributed by atoms with Crippen LogP contribution in [0.2, 0.25) is 0 Å². The van der Waals surface area contributed by atoms with Gasteiger partial charge >= 0.3 is 0 Å². The first-order chi connectivity index (χ1) is 11.3. The van der Waals surface area contributed by atoms with E-state index in [1.165, 1.54) is 57.8 Å². The molecule has 2 fully saturated rings. The molecular weight excluding hydrogens is 288 g/mol. The summed E-state index contributed by atoms with van der Waals surface area (Å²) in [5, 5.41) is 6.54. The average Bonchev–Trinajstić information content (AvgIpc) is 2.85. The van der Waals surface area contributed by atoms with Crippen LogP contribution in [-0.2, 0) is 0 Å². The lowest BCUT2D eigenvalue weighted by atomic mass is 9.96. The molecule has 0 unspecified atom stereocenters. The molecule has 1 aromatic rings. The van der Waals surface area contributed by atoms with E-state index >= 15 is 0 Å². The summed E-state index contributed by atoms with van der Waals surface area (Å²) in [5.74, 6) is 0.524. The Hall–Kier alpha value is -1.65. The molecule has 3 rings (SSSR count). The van der Waals surface area contributed by atoms with Gasteiger partial charge in [-0.15, -0.1) is 0 Å². The van der Waals surface area contributed by atoms with Gasteiger partial charge in [0.25, 0.3) is 5.91 Å². The van der Waals surface area contributed by atoms with Crippen LogP contribution in [0.4, 0.5) is 5.95 Å². The number of nitrogens with one attached hydrogen (secondary N) is 2. The Morgan fingerprint density at radius 1 is 0.913 bits per heavy atom. The molecule has 2 aliphatic rings. The molecule has 5 nitrogen and oxygen atoms in total. The highest BCUT2D eigenvalue weighted by Gasteiger charge is 2.18. The van der Waals surface area contributed by atoms with E-state index in [9.17, 15) is 4.79 Å². The van der Waals surface area contributed by atoms with Crippen molar-refractivity contribution in [1.29, 1.82) is 0 Å². The molecule has 0 atom stereocenters. The van der Waals surface area contributed by atoms with Crippen LogP contribution in [0.5, 0.6) is 0 Å². The van der Waals surface area contributed by atoms with Crippen molar-refractivity contribution in [2.45, 2.75) is 82.7 Å². The lowest BCUT2D eigenvalue weighted by Crippen LogP contribution is -2.35. The second kappa shape index (κ2) is 8.27. The van der Waals surface area contributed by atoms with Gasteiger partial charge in [0.1, 0.15) is 5.69 Å². The predicted octanol–water partition coefficient (Wildman–Crippen LogP) is 3.67. The molecule has 23 heavy (non-hydrogen) atoms. The smallest absolute Gasteiger partial charge is 0.270 e. The topological polar surface area (TPSA) is 66.9 Å². The van der Waals surface area contributed by atoms with E-state index < -0.39 is 0 Å². The molecule has 1 heterocycles. The van der Waals surface area contributed by atoms with Gasteiger partial charge in [0, 0.05) is 18.3 Å². The van der Waals surface area contributed by atoms with E-state index in [4.69, 9.17) is 0 Å². The molecule has 0 aliphatic heterocycles. The Labute approximate surface area is 138 Å². The van der Waals surface area contributed by atoms with Crippen LogP contribution < -0.4 is 10.6 Å². The summed E-state index contributed by atoms with van der Waals surface area (Å²) >= 11 is 0. The normalized spacial score (nSPS) is 20.7. The average molecular weight is 316 g/mol. The van der Waals surface area contributed by atoms with E-state index in [2.05, 4.69) is 20.6 Å². The van der Waals surface area contributed by atoms with Gasteiger partial charge in [-0.25, -0.2) is 9.97 Å². The number of nitrogens with zero attached hydrogens (tertiary/aromatic N) is 2. The van der Waals surface area contributed by atoms with Gasteiger partial charge in [0.05, 0.1) is 0 Å². The van der Waals surface area contributed by atoms with Crippen LogP contribution in [0.3, 0.4) is 0 Å². The zero-order chi connectivity index (χ0) is 15.9. The highest BCUT2D eigenvalue weighted by molar-refractivity contribution is 5.92. The van der Waals surface area contributed by atoms with Crippen molar-refractivity contribution in [3.8, 4) is 0 Å². The quantitative estimate of drug-likeness (QED) is 0.832. The zero-order valence-corrected chi connectivity index (χ0v) is 13.9. The Morgan fingerprint density at radius 3 is 2.22 bits per heavy atom. The third kappa shape index (κ3) is 4.91. The Bertz CT molecular complexity index is 505. The third-order valence-electron chi connectivity index (χ3n) is 5.02. The van der Waals surface area contributed by atoms with E-state index in [1.54, 1.807) is 12.3 Å². The van der Waals surface area contributed by atoms with Crippen molar-refractivity contribution in [3.63, 3.8) is 0 Å². The van der Waals surface area contributed by atoms with E-state index in [1.807, 2.05) is 0 Å². The second-order valence-electron chi connectivity index (χ2n) is 6.91. The lowest BCUT2D eigenvalue weighted by Gasteiger charge is -2.22. The predicted molar refractivity (Wildman–Crippen MR) is 91.5 cm³/mol. The molecule has 126 valence electrons. The summed E-state index contributed by atoms with van der Waals surface area (Å²) in [6.45, 7) is 0. The Kier molecular flexibility index (Phi) is 5.83. The molecule has 0 radical (unpaired) electrons. The summed E-state index contributed by atoms with van der Waals surface area (Å²) in [6, 6.07) is 2.46. The largest absolute Gasteiger partial charge is 0.351 e. The number of rotatable bonds is 4. The fourth-order valence-electron chi connectivity index (χ4n) is 3.67. The molecule has 0 aromatic carbocycles. The molecule has 1 amide bonds. The third-order valence-corrected chi connectivity index (χ3v) is 5.02. The van der Waals surface area contributed by atoms with Crippen LogP contribution in [0.25, 0.3) is 0 Å². The number of carbonyl (C=O) groups is 1. The molecule has 0 spiro atoms. The highest BCUT2D eigenvalue weighted by Crippen LogP contribution is 2.20. The van der Waals surface area contributed by atoms with Crippen LogP contribution in [0.15, 0.2) is 12.3 Å².